The molecule has 4 aromatic heterocycles. The summed E-state index contributed by atoms with van der Waals surface area (Å²) in [6.45, 7) is 7.59. The first-order valence-electron chi connectivity index (χ1n) is 14.0. The molecule has 0 amide bonds. The van der Waals surface area contributed by atoms with E-state index in [2.05, 4.69) is 29.9 Å². The molecule has 4 aliphatic rings. The average Bonchev–Trinajstić information content (AvgIpc) is 3.80. The smallest absolute Gasteiger partial charge is 0.166 e. The minimum atomic E-state index is -0.662. The van der Waals surface area contributed by atoms with E-state index in [9.17, 15) is 10.2 Å². The number of halogens is 1. The highest BCUT2D eigenvalue weighted by Crippen LogP contribution is 2.52. The Labute approximate surface area is 271 Å². The van der Waals surface area contributed by atoms with Gasteiger partial charge < -0.3 is 41.0 Å². The van der Waals surface area contributed by atoms with Crippen LogP contribution in [-0.2, 0) is 18.9 Å². The zero-order valence-electron chi connectivity index (χ0n) is 24.9. The van der Waals surface area contributed by atoms with Gasteiger partial charge in [0.2, 0.25) is 0 Å². The predicted molar refractivity (Wildman–Crippen MR) is 168 cm³/mol. The lowest BCUT2D eigenvalue weighted by atomic mass is 10.1. The van der Waals surface area contributed by atoms with Gasteiger partial charge in [0.05, 0.1) is 36.4 Å². The van der Waals surface area contributed by atoms with Crippen molar-refractivity contribution in [2.75, 3.05) is 18.9 Å². The third kappa shape index (κ3) is 5.64. The van der Waals surface area contributed by atoms with Crippen LogP contribution in [-0.4, -0.2) is 109 Å². The standard InChI is InChI=1S/C13H15ClN4O3S.C13H17N5O3S.H3N/c2*1-13(2)20-8-6(3-19)22-12(9(8)21-13)18-5-17-7-10(14)15-4-16-11(7)18;/h4-6,8-9,12,19H,3H2,1-2H3;4-6,8-9,12,19H,3H2,1-2H3,(H2,14,15,16);1H3/t2*6-,8-,9-,12-;/m11./s1. The molecule has 4 saturated heterocycles. The van der Waals surface area contributed by atoms with Crippen molar-refractivity contribution in [2.24, 2.45) is 0 Å². The maximum atomic E-state index is 9.63. The van der Waals surface area contributed by atoms with Crippen LogP contribution in [0.2, 0.25) is 5.15 Å². The van der Waals surface area contributed by atoms with Crippen LogP contribution in [0.15, 0.2) is 25.3 Å². The molecule has 0 radical (unpaired) electrons. The number of fused-ring (bicyclic) bond motifs is 4. The summed E-state index contributed by atoms with van der Waals surface area (Å²) in [4.78, 5) is 25.1. The van der Waals surface area contributed by atoms with Crippen LogP contribution in [0.25, 0.3) is 22.3 Å². The van der Waals surface area contributed by atoms with Crippen molar-refractivity contribution in [1.29, 1.82) is 0 Å². The van der Waals surface area contributed by atoms with E-state index in [0.717, 1.165) is 0 Å². The van der Waals surface area contributed by atoms with Gasteiger partial charge in [-0.25, -0.2) is 29.9 Å². The highest BCUT2D eigenvalue weighted by molar-refractivity contribution is 8.00. The van der Waals surface area contributed by atoms with Gasteiger partial charge in [-0.05, 0) is 27.7 Å². The summed E-state index contributed by atoms with van der Waals surface area (Å²) in [5.41, 5.74) is 8.30. The van der Waals surface area contributed by atoms with Gasteiger partial charge >= 0.3 is 0 Å². The lowest BCUT2D eigenvalue weighted by Gasteiger charge is -2.23. The summed E-state index contributed by atoms with van der Waals surface area (Å²) < 4.78 is 27.8. The van der Waals surface area contributed by atoms with Gasteiger partial charge in [0.25, 0.3) is 0 Å². The quantitative estimate of drug-likeness (QED) is 0.226. The van der Waals surface area contributed by atoms with Gasteiger partial charge in [-0.2, -0.15) is 0 Å². The Balaban J connectivity index is 0.000000155. The minimum Gasteiger partial charge on any atom is -0.395 e. The van der Waals surface area contributed by atoms with Crippen molar-refractivity contribution >= 4 is 63.3 Å². The number of rotatable bonds is 4. The lowest BCUT2D eigenvalue weighted by Crippen LogP contribution is -2.30. The third-order valence-electron chi connectivity index (χ3n) is 7.86. The van der Waals surface area contributed by atoms with E-state index < -0.39 is 11.6 Å². The van der Waals surface area contributed by atoms with Crippen molar-refractivity contribution in [3.63, 3.8) is 0 Å². The fourth-order valence-corrected chi connectivity index (χ4v) is 9.22. The summed E-state index contributed by atoms with van der Waals surface area (Å²) in [6.07, 6.45) is 5.55. The average molecular weight is 683 g/mol. The molecule has 4 aliphatic heterocycles. The first kappa shape index (κ1) is 32.5. The molecule has 0 bridgehead atoms. The first-order chi connectivity index (χ1) is 21.0. The maximum Gasteiger partial charge on any atom is 0.166 e. The topological polar surface area (TPSA) is 226 Å². The number of imidazole rings is 2. The molecule has 8 rings (SSSR count). The Hall–Kier alpha value is -2.39. The van der Waals surface area contributed by atoms with Crippen molar-refractivity contribution < 1.29 is 29.2 Å². The molecule has 0 unspecified atom stereocenters. The molecule has 45 heavy (non-hydrogen) atoms. The van der Waals surface area contributed by atoms with Gasteiger partial charge in [-0.1, -0.05) is 11.6 Å². The zero-order chi connectivity index (χ0) is 31.0. The monoisotopic (exact) mass is 682 g/mol. The fourth-order valence-electron chi connectivity index (χ4n) is 6.13. The summed E-state index contributed by atoms with van der Waals surface area (Å²) in [5, 5.41) is 19.3. The summed E-state index contributed by atoms with van der Waals surface area (Å²) >= 11 is 9.26. The number of ether oxygens (including phenoxy) is 4. The van der Waals surface area contributed by atoms with Crippen molar-refractivity contribution in [1.82, 2.24) is 45.2 Å². The molecule has 0 aromatic carbocycles. The normalized spacial score (nSPS) is 32.7. The van der Waals surface area contributed by atoms with Gasteiger partial charge in [0.1, 0.15) is 58.9 Å². The fraction of sp³-hybridized carbons (Fsp3) is 0.615. The largest absolute Gasteiger partial charge is 0.395 e. The number of aliphatic hydroxyl groups is 2. The highest BCUT2D eigenvalue weighted by atomic mass is 35.5. The van der Waals surface area contributed by atoms with E-state index in [-0.39, 0.29) is 65.0 Å². The number of anilines is 1. The lowest BCUT2D eigenvalue weighted by molar-refractivity contribution is -0.149. The second kappa shape index (κ2) is 12.0. The third-order valence-corrected chi connectivity index (χ3v) is 11.2. The number of aliphatic hydroxyl groups excluding tert-OH is 2. The number of nitrogens with zero attached hydrogens (tertiary/aromatic N) is 8. The number of hydrogen-bond acceptors (Lipinski definition) is 16. The second-order valence-electron chi connectivity index (χ2n) is 11.7. The van der Waals surface area contributed by atoms with E-state index in [1.807, 2.05) is 36.8 Å². The van der Waals surface area contributed by atoms with Crippen LogP contribution < -0.4 is 11.9 Å². The molecule has 4 fully saturated rings. The number of thioether (sulfide) groups is 2. The molecule has 8 atom stereocenters. The van der Waals surface area contributed by atoms with Crippen LogP contribution in [0.3, 0.4) is 0 Å². The van der Waals surface area contributed by atoms with E-state index in [4.69, 9.17) is 36.3 Å². The Kier molecular flexibility index (Phi) is 8.68. The minimum absolute atomic E-state index is 0. The Bertz CT molecular complexity index is 1570. The molecule has 8 heterocycles. The van der Waals surface area contributed by atoms with Crippen LogP contribution in [0, 0.1) is 0 Å². The number of nitrogens with two attached hydrogens (primary N) is 1. The van der Waals surface area contributed by atoms with E-state index in [1.54, 1.807) is 36.2 Å². The Morgan fingerprint density at radius 1 is 0.733 bits per heavy atom. The SMILES string of the molecule is CC1(C)O[C@@H]2[C@H](O1)[C@@H](CO)S[C@H]2n1cnc2c(Cl)ncnc21.CC1(C)O[C@@H]2[C@H](O1)[C@@H](CO)S[C@H]2n1cnc2c(N)ncnc21.N. The second-order valence-corrected chi connectivity index (χ2v) is 14.8. The Morgan fingerprint density at radius 2 is 1.18 bits per heavy atom. The van der Waals surface area contributed by atoms with Crippen LogP contribution in [0.1, 0.15) is 38.4 Å². The van der Waals surface area contributed by atoms with Crippen LogP contribution in [0.5, 0.6) is 0 Å². The van der Waals surface area contributed by atoms with Gasteiger partial charge in [-0.15, -0.1) is 23.5 Å². The summed E-state index contributed by atoms with van der Waals surface area (Å²) in [6, 6.07) is 0. The van der Waals surface area contributed by atoms with Crippen LogP contribution in [0.4, 0.5) is 5.82 Å². The van der Waals surface area contributed by atoms with Gasteiger partial charge in [0.15, 0.2) is 33.8 Å². The van der Waals surface area contributed by atoms with E-state index >= 15 is 0 Å². The maximum absolute atomic E-state index is 9.63. The zero-order valence-corrected chi connectivity index (χ0v) is 27.3. The predicted octanol–water partition coefficient (Wildman–Crippen LogP) is 2.30. The molecule has 0 saturated carbocycles. The number of nitrogen functional groups attached to an aromatic ring is 1. The molecule has 16 nitrogen and oxygen atoms in total. The number of hydrogen-bond donors (Lipinski definition) is 4. The molecule has 0 spiro atoms. The number of aromatic nitrogens is 8. The van der Waals surface area contributed by atoms with Crippen molar-refractivity contribution in [3.8, 4) is 0 Å². The van der Waals surface area contributed by atoms with E-state index in [0.29, 0.717) is 33.3 Å². The molecule has 19 heteroatoms. The Morgan fingerprint density at radius 3 is 1.69 bits per heavy atom. The summed E-state index contributed by atoms with van der Waals surface area (Å²) in [7, 11) is 0. The van der Waals surface area contributed by atoms with Crippen molar-refractivity contribution in [3.05, 3.63) is 30.5 Å². The molecule has 7 N–H and O–H groups in total. The summed E-state index contributed by atoms with van der Waals surface area (Å²) in [5.74, 6) is -0.969. The molecule has 244 valence electrons. The van der Waals surface area contributed by atoms with Crippen molar-refractivity contribution in [2.45, 2.75) is 84.9 Å². The van der Waals surface area contributed by atoms with E-state index in [1.165, 1.54) is 12.7 Å². The molecular formula is C26H35ClN10O6S2. The molecule has 4 aromatic rings. The molecular weight excluding hydrogens is 648 g/mol. The molecule has 0 aliphatic carbocycles. The van der Waals surface area contributed by atoms with Gasteiger partial charge in [-0.3, -0.25) is 9.13 Å². The van der Waals surface area contributed by atoms with Gasteiger partial charge in [0, 0.05) is 0 Å². The highest BCUT2D eigenvalue weighted by Gasteiger charge is 2.56. The van der Waals surface area contributed by atoms with Crippen LogP contribution >= 0.6 is 35.1 Å². The first-order valence-corrected chi connectivity index (χ1v) is 16.3.